The lowest BCUT2D eigenvalue weighted by Crippen LogP contribution is -2.44. The number of carbonyl (C=O) groups is 1. The molecule has 5 rings (SSSR count). The third kappa shape index (κ3) is 4.91. The maximum atomic E-state index is 11.9. The summed E-state index contributed by atoms with van der Waals surface area (Å²) in [6.45, 7) is 9.99. The van der Waals surface area contributed by atoms with Gasteiger partial charge in [-0.2, -0.15) is 5.10 Å². The zero-order chi connectivity index (χ0) is 25.1. The Labute approximate surface area is 211 Å². The topological polar surface area (TPSA) is 106 Å². The number of hydrogen-bond acceptors (Lipinski definition) is 7. The highest BCUT2D eigenvalue weighted by Crippen LogP contribution is 2.43. The molecular weight excluding hydrogens is 458 g/mol. The molecular formula is C26H33N7O3. The number of hydrogen-bond donors (Lipinski definition) is 2. The summed E-state index contributed by atoms with van der Waals surface area (Å²) < 4.78 is 14.0. The van der Waals surface area contributed by atoms with Crippen molar-refractivity contribution in [2.24, 2.45) is 0 Å². The molecule has 0 radical (unpaired) electrons. The smallest absolute Gasteiger partial charge is 0.319 e. The van der Waals surface area contributed by atoms with Crippen molar-refractivity contribution in [3.8, 4) is 11.4 Å². The molecule has 2 aromatic heterocycles. The summed E-state index contributed by atoms with van der Waals surface area (Å²) in [7, 11) is 0. The number of morpholine rings is 1. The van der Waals surface area contributed by atoms with Gasteiger partial charge in [-0.1, -0.05) is 0 Å². The van der Waals surface area contributed by atoms with Gasteiger partial charge in [0.1, 0.15) is 11.4 Å². The van der Waals surface area contributed by atoms with E-state index in [2.05, 4.69) is 34.5 Å². The van der Waals surface area contributed by atoms with Crippen LogP contribution < -0.4 is 15.5 Å². The summed E-state index contributed by atoms with van der Waals surface area (Å²) in [5.74, 6) is 1.56. The van der Waals surface area contributed by atoms with Crippen molar-refractivity contribution in [2.45, 2.75) is 52.0 Å². The number of fused-ring (bicyclic) bond motifs is 1. The van der Waals surface area contributed by atoms with Crippen molar-refractivity contribution in [3.63, 3.8) is 0 Å². The molecule has 0 saturated carbocycles. The minimum absolute atomic E-state index is 0.199. The van der Waals surface area contributed by atoms with Crippen molar-refractivity contribution in [3.05, 3.63) is 54.0 Å². The quantitative estimate of drug-likeness (QED) is 0.521. The van der Waals surface area contributed by atoms with Crippen molar-refractivity contribution in [1.29, 1.82) is 0 Å². The van der Waals surface area contributed by atoms with Crippen LogP contribution in [0.2, 0.25) is 0 Å². The monoisotopic (exact) mass is 491 g/mol. The first-order valence-electron chi connectivity index (χ1n) is 12.5. The zero-order valence-corrected chi connectivity index (χ0v) is 21.0. The Morgan fingerprint density at radius 3 is 2.81 bits per heavy atom. The van der Waals surface area contributed by atoms with Gasteiger partial charge in [0.25, 0.3) is 0 Å². The number of benzene rings is 1. The Morgan fingerprint density at radius 2 is 2.08 bits per heavy atom. The number of rotatable bonds is 7. The average Bonchev–Trinajstić information content (AvgIpc) is 3.52. The van der Waals surface area contributed by atoms with Gasteiger partial charge >= 0.3 is 6.03 Å². The Bertz CT molecular complexity index is 1200. The number of urea groups is 1. The summed E-state index contributed by atoms with van der Waals surface area (Å²) >= 11 is 0. The van der Waals surface area contributed by atoms with Gasteiger partial charge in [-0.05, 0) is 51.1 Å². The van der Waals surface area contributed by atoms with E-state index in [1.54, 1.807) is 6.20 Å². The fourth-order valence-corrected chi connectivity index (χ4v) is 4.74. The van der Waals surface area contributed by atoms with E-state index in [0.29, 0.717) is 37.9 Å². The average molecular weight is 492 g/mol. The van der Waals surface area contributed by atoms with Gasteiger partial charge < -0.3 is 25.0 Å². The van der Waals surface area contributed by atoms with Gasteiger partial charge in [0.15, 0.2) is 5.82 Å². The molecule has 0 aliphatic carbocycles. The van der Waals surface area contributed by atoms with E-state index >= 15 is 0 Å². The minimum atomic E-state index is -0.553. The molecule has 3 aromatic rings. The highest BCUT2D eigenvalue weighted by molar-refractivity contribution is 5.89. The molecule has 4 heterocycles. The number of nitrogens with one attached hydrogen (secondary N) is 2. The second-order valence-corrected chi connectivity index (χ2v) is 9.42. The summed E-state index contributed by atoms with van der Waals surface area (Å²) in [6, 6.07) is 9.50. The third-order valence-electron chi connectivity index (χ3n) is 6.78. The van der Waals surface area contributed by atoms with Crippen LogP contribution in [0.4, 0.5) is 16.3 Å². The van der Waals surface area contributed by atoms with Crippen LogP contribution in [0.1, 0.15) is 38.4 Å². The van der Waals surface area contributed by atoms with Crippen LogP contribution in [0.25, 0.3) is 11.4 Å². The number of aryl methyl sites for hydroxylation is 1. The van der Waals surface area contributed by atoms with E-state index in [0.717, 1.165) is 42.1 Å². The largest absolute Gasteiger partial charge is 0.377 e. The van der Waals surface area contributed by atoms with Crippen LogP contribution in [0.5, 0.6) is 0 Å². The fourth-order valence-electron chi connectivity index (χ4n) is 4.74. The predicted molar refractivity (Wildman–Crippen MR) is 137 cm³/mol. The first kappa shape index (κ1) is 24.2. The van der Waals surface area contributed by atoms with Crippen LogP contribution in [0.3, 0.4) is 0 Å². The summed E-state index contributed by atoms with van der Waals surface area (Å²) in [5, 5.41) is 9.91. The Morgan fingerprint density at radius 1 is 1.25 bits per heavy atom. The van der Waals surface area contributed by atoms with Gasteiger partial charge in [0, 0.05) is 55.3 Å². The second kappa shape index (κ2) is 10.2. The number of amides is 2. The van der Waals surface area contributed by atoms with Crippen molar-refractivity contribution in [2.75, 3.05) is 36.5 Å². The minimum Gasteiger partial charge on any atom is -0.377 e. The molecule has 2 aliphatic heterocycles. The molecule has 0 bridgehead atoms. The van der Waals surface area contributed by atoms with Gasteiger partial charge in [-0.3, -0.25) is 4.68 Å². The Balaban J connectivity index is 1.50. The molecule has 2 amide bonds. The van der Waals surface area contributed by atoms with E-state index < -0.39 is 5.60 Å². The van der Waals surface area contributed by atoms with Gasteiger partial charge in [0.05, 0.1) is 31.6 Å². The molecule has 10 heteroatoms. The lowest BCUT2D eigenvalue weighted by atomic mass is 9.95. The highest BCUT2D eigenvalue weighted by atomic mass is 16.5. The predicted octanol–water partition coefficient (Wildman–Crippen LogP) is 3.54. The molecule has 10 nitrogen and oxygen atoms in total. The van der Waals surface area contributed by atoms with E-state index in [-0.39, 0.29) is 12.1 Å². The van der Waals surface area contributed by atoms with Crippen molar-refractivity contribution in [1.82, 2.24) is 25.1 Å². The first-order valence-corrected chi connectivity index (χ1v) is 12.5. The summed E-state index contributed by atoms with van der Waals surface area (Å²) in [6.07, 6.45) is 4.49. The molecule has 1 saturated heterocycles. The maximum absolute atomic E-state index is 11.9. The molecule has 2 N–H and O–H groups in total. The van der Waals surface area contributed by atoms with Crippen LogP contribution in [0, 0.1) is 0 Å². The number of anilines is 2. The standard InChI is InChI=1S/C26H33N7O3/c1-4-27-25(34)29-20-8-6-19(7-9-20)23-30-22-21(24(31-23)33-14-15-35-16-18(33)2)17-36-26(22,3)10-13-32-12-5-11-28-32/h5-9,11-12,18H,4,10,13-17H2,1-3H3,(H2,27,29,34)/t18-,26?/m0/s1. The maximum Gasteiger partial charge on any atom is 0.319 e. The van der Waals surface area contributed by atoms with Crippen molar-refractivity contribution >= 4 is 17.5 Å². The van der Waals surface area contributed by atoms with E-state index in [1.807, 2.05) is 48.1 Å². The summed E-state index contributed by atoms with van der Waals surface area (Å²) in [5.41, 5.74) is 3.01. The lowest BCUT2D eigenvalue weighted by Gasteiger charge is -2.35. The summed E-state index contributed by atoms with van der Waals surface area (Å²) in [4.78, 5) is 24.3. The normalized spacial score (nSPS) is 21.3. The molecule has 190 valence electrons. The Hall–Kier alpha value is -3.50. The van der Waals surface area contributed by atoms with Gasteiger partial charge in [-0.25, -0.2) is 14.8 Å². The van der Waals surface area contributed by atoms with Gasteiger partial charge in [0.2, 0.25) is 0 Å². The molecule has 1 fully saturated rings. The van der Waals surface area contributed by atoms with Crippen LogP contribution in [-0.2, 0) is 28.2 Å². The number of carbonyl (C=O) groups excluding carboxylic acids is 1. The first-order chi connectivity index (χ1) is 17.5. The third-order valence-corrected chi connectivity index (χ3v) is 6.78. The molecule has 1 aromatic carbocycles. The van der Waals surface area contributed by atoms with E-state index in [1.165, 1.54) is 0 Å². The second-order valence-electron chi connectivity index (χ2n) is 9.42. The van der Waals surface area contributed by atoms with E-state index in [9.17, 15) is 4.79 Å². The lowest BCUT2D eigenvalue weighted by molar-refractivity contribution is -0.0350. The molecule has 1 unspecified atom stereocenters. The number of nitrogens with zero attached hydrogens (tertiary/aromatic N) is 5. The highest BCUT2D eigenvalue weighted by Gasteiger charge is 2.41. The number of ether oxygens (including phenoxy) is 2. The van der Waals surface area contributed by atoms with Crippen LogP contribution in [-0.4, -0.2) is 58.1 Å². The zero-order valence-electron chi connectivity index (χ0n) is 21.0. The van der Waals surface area contributed by atoms with Crippen molar-refractivity contribution < 1.29 is 14.3 Å². The molecule has 0 spiro atoms. The van der Waals surface area contributed by atoms with Gasteiger partial charge in [-0.15, -0.1) is 0 Å². The van der Waals surface area contributed by atoms with Crippen LogP contribution in [0.15, 0.2) is 42.7 Å². The fraction of sp³-hybridized carbons (Fsp3) is 0.462. The molecule has 2 atom stereocenters. The number of aromatic nitrogens is 4. The molecule has 36 heavy (non-hydrogen) atoms. The van der Waals surface area contributed by atoms with E-state index in [4.69, 9.17) is 19.4 Å². The SMILES string of the molecule is CCNC(=O)Nc1ccc(-c2nc(N3CCOC[C@@H]3C)c3c(n2)C(C)(CCn2cccn2)OC3)cc1. The molecule has 2 aliphatic rings. The van der Waals surface area contributed by atoms with Crippen LogP contribution >= 0.6 is 0 Å². The Kier molecular flexibility index (Phi) is 6.88.